The average molecular weight is 363 g/mol. The topological polar surface area (TPSA) is 57.5 Å². The number of aromatic nitrogens is 3. The number of aryl methyl sites for hydroxylation is 2. The zero-order valence-electron chi connectivity index (χ0n) is 15.1. The fraction of sp³-hybridized carbons (Fsp3) is 0.706. The molecule has 8 heteroatoms. The van der Waals surface area contributed by atoms with E-state index in [0.717, 1.165) is 68.6 Å². The predicted octanol–water partition coefficient (Wildman–Crippen LogP) is 1.47. The van der Waals surface area contributed by atoms with Crippen molar-refractivity contribution in [3.05, 3.63) is 5.69 Å². The summed E-state index contributed by atoms with van der Waals surface area (Å²) in [6, 6.07) is 0. The maximum absolute atomic E-state index is 12.4. The van der Waals surface area contributed by atoms with Crippen molar-refractivity contribution in [2.75, 3.05) is 50.7 Å². The first-order valence-corrected chi connectivity index (χ1v) is 9.98. The summed E-state index contributed by atoms with van der Waals surface area (Å²) in [7, 11) is 1.95. The summed E-state index contributed by atoms with van der Waals surface area (Å²) >= 11 is 1.73. The number of fused-ring (bicyclic) bond motifs is 1. The van der Waals surface area contributed by atoms with Crippen molar-refractivity contribution in [2.24, 2.45) is 7.05 Å². The van der Waals surface area contributed by atoms with E-state index in [1.54, 1.807) is 11.3 Å². The second kappa shape index (κ2) is 6.92. The maximum Gasteiger partial charge on any atom is 0.236 e. The molecule has 0 N–H and O–H groups in total. The highest BCUT2D eigenvalue weighted by Gasteiger charge is 2.24. The molecule has 7 nitrogen and oxygen atoms in total. The number of rotatable bonds is 3. The van der Waals surface area contributed by atoms with Crippen molar-refractivity contribution in [1.29, 1.82) is 0 Å². The van der Waals surface area contributed by atoms with E-state index in [-0.39, 0.29) is 0 Å². The van der Waals surface area contributed by atoms with Crippen LogP contribution < -0.4 is 4.90 Å². The van der Waals surface area contributed by atoms with Crippen LogP contribution in [0.2, 0.25) is 0 Å². The van der Waals surface area contributed by atoms with Gasteiger partial charge in [0.05, 0.1) is 16.9 Å². The number of hydrogen-bond donors (Lipinski definition) is 0. The lowest BCUT2D eigenvalue weighted by atomic mass is 10.1. The number of anilines is 1. The Hall–Kier alpha value is -1.67. The van der Waals surface area contributed by atoms with Gasteiger partial charge in [0.15, 0.2) is 10.8 Å². The largest absolute Gasteiger partial charge is 0.345 e. The number of carbonyl (C=O) groups excluding carboxylic acids is 1. The number of piperazine rings is 1. The molecule has 0 spiro atoms. The number of nitrogens with zero attached hydrogens (tertiary/aromatic N) is 6. The molecule has 0 bridgehead atoms. The fourth-order valence-electron chi connectivity index (χ4n) is 3.74. The number of amides is 1. The fourth-order valence-corrected chi connectivity index (χ4v) is 4.82. The molecule has 0 unspecified atom stereocenters. The Bertz CT molecular complexity index is 720. The highest BCUT2D eigenvalue weighted by Crippen LogP contribution is 2.31. The molecule has 0 radical (unpaired) electrons. The van der Waals surface area contributed by atoms with Gasteiger partial charge in [-0.3, -0.25) is 9.69 Å². The van der Waals surface area contributed by atoms with E-state index in [0.29, 0.717) is 12.5 Å². The summed E-state index contributed by atoms with van der Waals surface area (Å²) in [4.78, 5) is 23.9. The molecular formula is C17H26N6OS. The van der Waals surface area contributed by atoms with Crippen LogP contribution in [-0.4, -0.2) is 76.3 Å². The Morgan fingerprint density at radius 3 is 2.48 bits per heavy atom. The Morgan fingerprint density at radius 2 is 1.80 bits per heavy atom. The second-order valence-electron chi connectivity index (χ2n) is 7.06. The number of hydrogen-bond acceptors (Lipinski definition) is 6. The first-order chi connectivity index (χ1) is 12.1. The van der Waals surface area contributed by atoms with Crippen LogP contribution in [0, 0.1) is 6.92 Å². The lowest BCUT2D eigenvalue weighted by molar-refractivity contribution is -0.133. The van der Waals surface area contributed by atoms with Crippen LogP contribution in [0.1, 0.15) is 25.0 Å². The Balaban J connectivity index is 1.34. The average Bonchev–Trinajstić information content (AvgIpc) is 3.18. The van der Waals surface area contributed by atoms with E-state index < -0.39 is 0 Å². The molecular weight excluding hydrogens is 336 g/mol. The Labute approximate surface area is 152 Å². The first-order valence-electron chi connectivity index (χ1n) is 9.17. The third-order valence-corrected chi connectivity index (χ3v) is 6.46. The quantitative estimate of drug-likeness (QED) is 0.828. The van der Waals surface area contributed by atoms with Gasteiger partial charge in [-0.25, -0.2) is 9.67 Å². The van der Waals surface area contributed by atoms with E-state index in [1.165, 1.54) is 11.1 Å². The van der Waals surface area contributed by atoms with Crippen LogP contribution in [0.25, 0.3) is 10.3 Å². The molecule has 2 aromatic heterocycles. The molecule has 2 aliphatic rings. The van der Waals surface area contributed by atoms with Crippen LogP contribution in [0.4, 0.5) is 5.13 Å². The number of piperidine rings is 1. The van der Waals surface area contributed by atoms with Gasteiger partial charge in [0.1, 0.15) is 0 Å². The van der Waals surface area contributed by atoms with Crippen molar-refractivity contribution < 1.29 is 4.79 Å². The van der Waals surface area contributed by atoms with Gasteiger partial charge in [0, 0.05) is 46.3 Å². The lowest BCUT2D eigenvalue weighted by Crippen LogP contribution is -2.50. The van der Waals surface area contributed by atoms with Crippen molar-refractivity contribution in [3.8, 4) is 0 Å². The van der Waals surface area contributed by atoms with E-state index in [4.69, 9.17) is 4.98 Å². The summed E-state index contributed by atoms with van der Waals surface area (Å²) in [5.41, 5.74) is 2.02. The maximum atomic E-state index is 12.4. The van der Waals surface area contributed by atoms with Gasteiger partial charge in [0.25, 0.3) is 0 Å². The highest BCUT2D eigenvalue weighted by molar-refractivity contribution is 7.22. The van der Waals surface area contributed by atoms with E-state index in [2.05, 4.69) is 14.9 Å². The van der Waals surface area contributed by atoms with Crippen molar-refractivity contribution in [2.45, 2.75) is 26.2 Å². The molecule has 1 amide bonds. The van der Waals surface area contributed by atoms with Crippen LogP contribution >= 0.6 is 11.3 Å². The minimum atomic E-state index is 0.301. The molecule has 0 atom stereocenters. The smallest absolute Gasteiger partial charge is 0.236 e. The molecule has 25 heavy (non-hydrogen) atoms. The molecule has 0 aliphatic carbocycles. The van der Waals surface area contributed by atoms with E-state index in [9.17, 15) is 4.79 Å². The van der Waals surface area contributed by atoms with Gasteiger partial charge in [0.2, 0.25) is 5.91 Å². The highest BCUT2D eigenvalue weighted by atomic mass is 32.1. The van der Waals surface area contributed by atoms with Crippen LogP contribution in [-0.2, 0) is 11.8 Å². The predicted molar refractivity (Wildman–Crippen MR) is 100 cm³/mol. The summed E-state index contributed by atoms with van der Waals surface area (Å²) in [6.45, 7) is 8.19. The summed E-state index contributed by atoms with van der Waals surface area (Å²) in [5.74, 6) is 0.301. The third-order valence-electron chi connectivity index (χ3n) is 5.24. The minimum Gasteiger partial charge on any atom is -0.345 e. The Morgan fingerprint density at radius 1 is 1.08 bits per heavy atom. The van der Waals surface area contributed by atoms with Crippen LogP contribution in [0.5, 0.6) is 0 Å². The summed E-state index contributed by atoms with van der Waals surface area (Å²) in [6.07, 6.45) is 3.58. The van der Waals surface area contributed by atoms with Crippen LogP contribution in [0.3, 0.4) is 0 Å². The van der Waals surface area contributed by atoms with Crippen molar-refractivity contribution in [3.63, 3.8) is 0 Å². The lowest BCUT2D eigenvalue weighted by Gasteiger charge is -2.35. The summed E-state index contributed by atoms with van der Waals surface area (Å²) in [5, 5.41) is 5.50. The molecule has 0 saturated carbocycles. The van der Waals surface area contributed by atoms with Crippen LogP contribution in [0.15, 0.2) is 0 Å². The molecule has 2 aromatic rings. The molecule has 2 fully saturated rings. The van der Waals surface area contributed by atoms with Gasteiger partial charge in [-0.2, -0.15) is 5.10 Å². The van der Waals surface area contributed by atoms with Crippen molar-refractivity contribution >= 4 is 32.7 Å². The van der Waals surface area contributed by atoms with Gasteiger partial charge >= 0.3 is 0 Å². The SMILES string of the molecule is Cc1nn(C)c2nc(N3CCN(CC(=O)N4CCCCC4)CC3)sc12. The van der Waals surface area contributed by atoms with Gasteiger partial charge in [-0.15, -0.1) is 0 Å². The molecule has 0 aromatic carbocycles. The van der Waals surface area contributed by atoms with Gasteiger partial charge in [-0.1, -0.05) is 11.3 Å². The number of carbonyl (C=O) groups is 1. The monoisotopic (exact) mass is 362 g/mol. The van der Waals surface area contributed by atoms with E-state index >= 15 is 0 Å². The molecule has 2 saturated heterocycles. The third kappa shape index (κ3) is 3.37. The normalized spacial score (nSPS) is 19.8. The molecule has 4 rings (SSSR count). The number of likely N-dealkylation sites (tertiary alicyclic amines) is 1. The molecule has 136 valence electrons. The van der Waals surface area contributed by atoms with Crippen molar-refractivity contribution in [1.82, 2.24) is 24.6 Å². The minimum absolute atomic E-state index is 0.301. The molecule has 4 heterocycles. The van der Waals surface area contributed by atoms with Gasteiger partial charge < -0.3 is 9.80 Å². The Kier molecular flexibility index (Phi) is 4.64. The van der Waals surface area contributed by atoms with Gasteiger partial charge in [-0.05, 0) is 26.2 Å². The zero-order chi connectivity index (χ0) is 17.4. The number of thiazole rings is 1. The first kappa shape index (κ1) is 16.8. The standard InChI is InChI=1S/C17H26N6OS/c1-13-15-16(20(2)19-13)18-17(25-15)23-10-8-21(9-11-23)12-14(24)22-6-4-3-5-7-22/h3-12H2,1-2H3. The summed E-state index contributed by atoms with van der Waals surface area (Å²) < 4.78 is 3.04. The molecule has 2 aliphatic heterocycles. The van der Waals surface area contributed by atoms with E-state index in [1.807, 2.05) is 23.6 Å². The second-order valence-corrected chi connectivity index (χ2v) is 8.04. The zero-order valence-corrected chi connectivity index (χ0v) is 15.9.